The van der Waals surface area contributed by atoms with E-state index in [0.29, 0.717) is 6.04 Å². The highest BCUT2D eigenvalue weighted by Crippen LogP contribution is 2.28. The van der Waals surface area contributed by atoms with E-state index in [9.17, 15) is 5.11 Å². The molecule has 0 saturated carbocycles. The molecule has 1 aliphatic heterocycles. The molecule has 1 saturated heterocycles. The molecule has 0 spiro atoms. The van der Waals surface area contributed by atoms with Gasteiger partial charge in [0.15, 0.2) is 0 Å². The predicted molar refractivity (Wildman–Crippen MR) is 74.4 cm³/mol. The lowest BCUT2D eigenvalue weighted by molar-refractivity contribution is 0.248. The van der Waals surface area contributed by atoms with Gasteiger partial charge in [0.2, 0.25) is 0 Å². The molecule has 0 bridgehead atoms. The number of rotatable bonds is 2. The average molecular weight is 299 g/mol. The van der Waals surface area contributed by atoms with Crippen LogP contribution in [0, 0.1) is 0 Å². The van der Waals surface area contributed by atoms with Gasteiger partial charge in [-0.25, -0.2) is 0 Å². The van der Waals surface area contributed by atoms with Crippen LogP contribution in [0.3, 0.4) is 0 Å². The average Bonchev–Trinajstić information content (AvgIpc) is 2.52. The third-order valence-electron chi connectivity index (χ3n) is 3.33. The fourth-order valence-electron chi connectivity index (χ4n) is 2.28. The highest BCUT2D eigenvalue weighted by molar-refractivity contribution is 9.10. The maximum Gasteiger partial charge on any atom is 0.0601 e. The van der Waals surface area contributed by atoms with Crippen molar-refractivity contribution in [2.24, 2.45) is 0 Å². The smallest absolute Gasteiger partial charge is 0.0601 e. The van der Waals surface area contributed by atoms with Crippen molar-refractivity contribution in [1.29, 1.82) is 0 Å². The first-order chi connectivity index (χ1) is 8.22. The zero-order valence-corrected chi connectivity index (χ0v) is 11.7. The number of aliphatic hydroxyl groups excluding tert-OH is 1. The molecule has 4 heteroatoms. The lowest BCUT2D eigenvalue weighted by Crippen LogP contribution is -2.42. The SMILES string of the molecule is CC1CCNC(CO)CN1c1ccccc1Br. The summed E-state index contributed by atoms with van der Waals surface area (Å²) in [5.74, 6) is 0. The van der Waals surface area contributed by atoms with Gasteiger partial charge in [-0.05, 0) is 48.0 Å². The molecular formula is C13H19BrN2O. The van der Waals surface area contributed by atoms with Gasteiger partial charge in [0.05, 0.1) is 12.3 Å². The minimum absolute atomic E-state index is 0.159. The molecule has 1 aliphatic rings. The maximum atomic E-state index is 9.34. The summed E-state index contributed by atoms with van der Waals surface area (Å²) in [5, 5.41) is 12.7. The molecule has 0 amide bonds. The summed E-state index contributed by atoms with van der Waals surface area (Å²) in [4.78, 5) is 2.37. The third-order valence-corrected chi connectivity index (χ3v) is 4.00. The molecule has 2 rings (SSSR count). The Morgan fingerprint density at radius 3 is 2.94 bits per heavy atom. The van der Waals surface area contributed by atoms with Gasteiger partial charge in [-0.1, -0.05) is 12.1 Å². The Hall–Kier alpha value is -0.580. The van der Waals surface area contributed by atoms with E-state index < -0.39 is 0 Å². The van der Waals surface area contributed by atoms with Gasteiger partial charge in [0.25, 0.3) is 0 Å². The molecule has 3 nitrogen and oxygen atoms in total. The summed E-state index contributed by atoms with van der Waals surface area (Å²) in [7, 11) is 0. The molecule has 0 radical (unpaired) electrons. The second-order valence-corrected chi connectivity index (χ2v) is 5.43. The van der Waals surface area contributed by atoms with Crippen molar-refractivity contribution in [1.82, 2.24) is 5.32 Å². The molecule has 0 aromatic heterocycles. The van der Waals surface area contributed by atoms with Gasteiger partial charge in [-0.3, -0.25) is 0 Å². The van der Waals surface area contributed by atoms with E-state index in [1.54, 1.807) is 0 Å². The number of aliphatic hydroxyl groups is 1. The van der Waals surface area contributed by atoms with Crippen molar-refractivity contribution < 1.29 is 5.11 Å². The molecular weight excluding hydrogens is 280 g/mol. The molecule has 17 heavy (non-hydrogen) atoms. The molecule has 1 aromatic rings. The Labute approximate surface area is 111 Å². The first kappa shape index (κ1) is 12.9. The van der Waals surface area contributed by atoms with E-state index in [-0.39, 0.29) is 12.6 Å². The maximum absolute atomic E-state index is 9.34. The Morgan fingerprint density at radius 2 is 2.24 bits per heavy atom. The van der Waals surface area contributed by atoms with Gasteiger partial charge in [0.1, 0.15) is 0 Å². The van der Waals surface area contributed by atoms with E-state index in [1.807, 2.05) is 6.07 Å². The topological polar surface area (TPSA) is 35.5 Å². The fourth-order valence-corrected chi connectivity index (χ4v) is 2.79. The van der Waals surface area contributed by atoms with E-state index in [0.717, 1.165) is 24.0 Å². The highest BCUT2D eigenvalue weighted by atomic mass is 79.9. The number of anilines is 1. The zero-order valence-electron chi connectivity index (χ0n) is 10.1. The number of nitrogens with zero attached hydrogens (tertiary/aromatic N) is 1. The standard InChI is InChI=1S/C13H19BrN2O/c1-10-6-7-15-11(9-17)8-16(10)13-5-3-2-4-12(13)14/h2-5,10-11,15,17H,6-9H2,1H3. The first-order valence-corrected chi connectivity index (χ1v) is 6.87. The lowest BCUT2D eigenvalue weighted by atomic mass is 10.1. The quantitative estimate of drug-likeness (QED) is 0.877. The Morgan fingerprint density at radius 1 is 1.47 bits per heavy atom. The fraction of sp³-hybridized carbons (Fsp3) is 0.538. The van der Waals surface area contributed by atoms with Crippen LogP contribution in [-0.2, 0) is 0 Å². The van der Waals surface area contributed by atoms with Crippen LogP contribution in [0.5, 0.6) is 0 Å². The minimum atomic E-state index is 0.159. The van der Waals surface area contributed by atoms with Crippen LogP contribution in [0.25, 0.3) is 0 Å². The second kappa shape index (κ2) is 5.85. The van der Waals surface area contributed by atoms with Crippen LogP contribution < -0.4 is 10.2 Å². The first-order valence-electron chi connectivity index (χ1n) is 6.07. The summed E-state index contributed by atoms with van der Waals surface area (Å²) in [6.45, 7) is 4.24. The van der Waals surface area contributed by atoms with E-state index >= 15 is 0 Å². The third kappa shape index (κ3) is 3.00. The highest BCUT2D eigenvalue weighted by Gasteiger charge is 2.23. The van der Waals surface area contributed by atoms with Crippen LogP contribution in [0.1, 0.15) is 13.3 Å². The largest absolute Gasteiger partial charge is 0.395 e. The van der Waals surface area contributed by atoms with Gasteiger partial charge < -0.3 is 15.3 Å². The van der Waals surface area contributed by atoms with Gasteiger partial charge in [-0.15, -0.1) is 0 Å². The number of nitrogens with one attached hydrogen (secondary N) is 1. The Bertz CT molecular complexity index is 372. The van der Waals surface area contributed by atoms with Gasteiger partial charge in [0, 0.05) is 23.1 Å². The van der Waals surface area contributed by atoms with Crippen LogP contribution >= 0.6 is 15.9 Å². The predicted octanol–water partition coefficient (Wildman–Crippen LogP) is 2.00. The molecule has 1 aromatic carbocycles. The molecule has 0 aliphatic carbocycles. The molecule has 2 N–H and O–H groups in total. The van der Waals surface area contributed by atoms with E-state index in [4.69, 9.17) is 0 Å². The summed E-state index contributed by atoms with van der Waals surface area (Å²) >= 11 is 3.60. The lowest BCUT2D eigenvalue weighted by Gasteiger charge is -2.31. The summed E-state index contributed by atoms with van der Waals surface area (Å²) in [5.41, 5.74) is 1.21. The number of para-hydroxylation sites is 1. The van der Waals surface area contributed by atoms with Crippen LogP contribution in [0.2, 0.25) is 0 Å². The van der Waals surface area contributed by atoms with E-state index in [2.05, 4.69) is 51.3 Å². The van der Waals surface area contributed by atoms with Crippen molar-refractivity contribution in [2.45, 2.75) is 25.4 Å². The van der Waals surface area contributed by atoms with Gasteiger partial charge in [-0.2, -0.15) is 0 Å². The number of hydrogen-bond acceptors (Lipinski definition) is 3. The number of halogens is 1. The summed E-state index contributed by atoms with van der Waals surface area (Å²) in [6.07, 6.45) is 1.10. The van der Waals surface area contributed by atoms with Crippen molar-refractivity contribution in [2.75, 3.05) is 24.6 Å². The zero-order chi connectivity index (χ0) is 12.3. The van der Waals surface area contributed by atoms with Gasteiger partial charge >= 0.3 is 0 Å². The normalized spacial score (nSPS) is 25.7. The molecule has 1 heterocycles. The van der Waals surface area contributed by atoms with E-state index in [1.165, 1.54) is 5.69 Å². The molecule has 94 valence electrons. The second-order valence-electron chi connectivity index (χ2n) is 4.58. The Balaban J connectivity index is 2.24. The van der Waals surface area contributed by atoms with Crippen LogP contribution in [0.4, 0.5) is 5.69 Å². The molecule has 1 fully saturated rings. The van der Waals surface area contributed by atoms with Crippen molar-refractivity contribution >= 4 is 21.6 Å². The monoisotopic (exact) mass is 298 g/mol. The van der Waals surface area contributed by atoms with Crippen molar-refractivity contribution in [3.63, 3.8) is 0 Å². The van der Waals surface area contributed by atoms with Crippen LogP contribution in [0.15, 0.2) is 28.7 Å². The molecule has 2 atom stereocenters. The summed E-state index contributed by atoms with van der Waals surface area (Å²) < 4.78 is 1.12. The van der Waals surface area contributed by atoms with Crippen molar-refractivity contribution in [3.8, 4) is 0 Å². The number of hydrogen-bond donors (Lipinski definition) is 2. The number of benzene rings is 1. The van der Waals surface area contributed by atoms with Crippen molar-refractivity contribution in [3.05, 3.63) is 28.7 Å². The summed E-state index contributed by atoms with van der Waals surface area (Å²) in [6, 6.07) is 8.91. The Kier molecular flexibility index (Phi) is 4.42. The molecule has 2 unspecified atom stereocenters. The minimum Gasteiger partial charge on any atom is -0.395 e. The van der Waals surface area contributed by atoms with Crippen LogP contribution in [-0.4, -0.2) is 36.9 Å².